The summed E-state index contributed by atoms with van der Waals surface area (Å²) >= 11 is 0. The van der Waals surface area contributed by atoms with Crippen LogP contribution in [0.5, 0.6) is 0 Å². The third kappa shape index (κ3) is 5.04. The molecule has 1 fully saturated rings. The van der Waals surface area contributed by atoms with Crippen LogP contribution < -0.4 is 11.1 Å². The van der Waals surface area contributed by atoms with E-state index in [1.807, 2.05) is 13.8 Å². The van der Waals surface area contributed by atoms with Crippen molar-refractivity contribution in [3.63, 3.8) is 0 Å². The molecule has 0 bridgehead atoms. The first-order valence-electron chi connectivity index (χ1n) is 6.06. The molecule has 5 nitrogen and oxygen atoms in total. The summed E-state index contributed by atoms with van der Waals surface area (Å²) in [5.41, 5.74) is 5.76. The van der Waals surface area contributed by atoms with Gasteiger partial charge in [-0.1, -0.05) is 13.8 Å². The second-order valence-electron chi connectivity index (χ2n) is 5.17. The van der Waals surface area contributed by atoms with Gasteiger partial charge in [-0.25, -0.2) is 8.42 Å². The van der Waals surface area contributed by atoms with Gasteiger partial charge in [0.1, 0.15) is 9.84 Å². The number of sulfone groups is 1. The maximum atomic E-state index is 11.7. The second kappa shape index (κ2) is 5.82. The predicted octanol–water partition coefficient (Wildman–Crippen LogP) is 0.0532. The molecule has 0 unspecified atom stereocenters. The van der Waals surface area contributed by atoms with Crippen LogP contribution in [0.15, 0.2) is 0 Å². The van der Waals surface area contributed by atoms with Gasteiger partial charge in [0.15, 0.2) is 0 Å². The van der Waals surface area contributed by atoms with Crippen LogP contribution in [0.4, 0.5) is 0 Å². The molecule has 0 aromatic carbocycles. The van der Waals surface area contributed by atoms with Crippen molar-refractivity contribution in [2.75, 3.05) is 11.5 Å². The van der Waals surface area contributed by atoms with Crippen molar-refractivity contribution in [3.8, 4) is 0 Å². The maximum Gasteiger partial charge on any atom is 0.237 e. The molecule has 0 aromatic heterocycles. The minimum Gasteiger partial charge on any atom is -0.352 e. The van der Waals surface area contributed by atoms with Crippen LogP contribution in [-0.2, 0) is 14.6 Å². The molecular weight excluding hydrogens is 240 g/mol. The van der Waals surface area contributed by atoms with Crippen molar-refractivity contribution in [2.24, 2.45) is 11.7 Å². The summed E-state index contributed by atoms with van der Waals surface area (Å²) < 4.78 is 22.4. The van der Waals surface area contributed by atoms with Gasteiger partial charge in [0.2, 0.25) is 5.91 Å². The zero-order valence-corrected chi connectivity index (χ0v) is 11.3. The van der Waals surface area contributed by atoms with Crippen LogP contribution in [0.2, 0.25) is 0 Å². The van der Waals surface area contributed by atoms with Gasteiger partial charge in [-0.2, -0.15) is 0 Å². The van der Waals surface area contributed by atoms with E-state index in [9.17, 15) is 13.2 Å². The molecule has 0 spiro atoms. The van der Waals surface area contributed by atoms with Crippen LogP contribution in [0, 0.1) is 5.92 Å². The highest BCUT2D eigenvalue weighted by Gasteiger charge is 2.26. The van der Waals surface area contributed by atoms with Gasteiger partial charge in [-0.3, -0.25) is 4.79 Å². The van der Waals surface area contributed by atoms with E-state index in [-0.39, 0.29) is 23.5 Å². The van der Waals surface area contributed by atoms with Crippen molar-refractivity contribution in [1.82, 2.24) is 5.32 Å². The van der Waals surface area contributed by atoms with Crippen molar-refractivity contribution >= 4 is 15.7 Å². The van der Waals surface area contributed by atoms with Crippen molar-refractivity contribution in [1.29, 1.82) is 0 Å². The number of nitrogens with one attached hydrogen (secondary N) is 1. The average molecular weight is 262 g/mol. The van der Waals surface area contributed by atoms with Crippen molar-refractivity contribution < 1.29 is 13.2 Å². The number of nitrogens with two attached hydrogens (primary N) is 1. The van der Waals surface area contributed by atoms with E-state index in [0.717, 1.165) is 0 Å². The Bertz CT molecular complexity index is 351. The third-order valence-corrected chi connectivity index (χ3v) is 4.68. The lowest BCUT2D eigenvalue weighted by atomic mass is 10.0. The van der Waals surface area contributed by atoms with E-state index >= 15 is 0 Å². The molecule has 100 valence electrons. The fourth-order valence-electron chi connectivity index (χ4n) is 1.96. The van der Waals surface area contributed by atoms with E-state index in [1.165, 1.54) is 0 Å². The Labute approximate surface area is 103 Å². The van der Waals surface area contributed by atoms with Crippen LogP contribution in [0.1, 0.15) is 33.1 Å². The average Bonchev–Trinajstić information content (AvgIpc) is 2.20. The standard InChI is InChI=1S/C11H22N2O3S/c1-8(2)7-10(12)11(14)13-9-3-5-17(15,16)6-4-9/h8-10H,3-7,12H2,1-2H3,(H,13,14)/t10-/m1/s1. The highest BCUT2D eigenvalue weighted by Crippen LogP contribution is 2.12. The molecule has 1 saturated heterocycles. The van der Waals surface area contributed by atoms with Crippen molar-refractivity contribution in [2.45, 2.75) is 45.2 Å². The lowest BCUT2D eigenvalue weighted by molar-refractivity contribution is -0.123. The number of hydrogen-bond donors (Lipinski definition) is 2. The van der Waals surface area contributed by atoms with Gasteiger partial charge >= 0.3 is 0 Å². The maximum absolute atomic E-state index is 11.7. The molecule has 1 aliphatic heterocycles. The number of hydrogen-bond acceptors (Lipinski definition) is 4. The van der Waals surface area contributed by atoms with Gasteiger partial charge in [-0.05, 0) is 25.2 Å². The fourth-order valence-corrected chi connectivity index (χ4v) is 3.45. The van der Waals surface area contributed by atoms with Crippen LogP contribution >= 0.6 is 0 Å². The molecule has 0 aromatic rings. The largest absolute Gasteiger partial charge is 0.352 e. The van der Waals surface area contributed by atoms with Gasteiger partial charge in [0.25, 0.3) is 0 Å². The minimum absolute atomic E-state index is 0.0377. The predicted molar refractivity (Wildman–Crippen MR) is 67.2 cm³/mol. The van der Waals surface area contributed by atoms with Gasteiger partial charge in [-0.15, -0.1) is 0 Å². The number of carbonyl (C=O) groups is 1. The molecule has 1 heterocycles. The van der Waals surface area contributed by atoms with Crippen LogP contribution in [0.3, 0.4) is 0 Å². The van der Waals surface area contributed by atoms with E-state index < -0.39 is 15.9 Å². The van der Waals surface area contributed by atoms with E-state index in [0.29, 0.717) is 25.2 Å². The Morgan fingerprint density at radius 2 is 1.88 bits per heavy atom. The van der Waals surface area contributed by atoms with Gasteiger partial charge < -0.3 is 11.1 Å². The third-order valence-electron chi connectivity index (χ3n) is 2.96. The molecule has 1 aliphatic rings. The topological polar surface area (TPSA) is 89.3 Å². The molecule has 0 radical (unpaired) electrons. The summed E-state index contributed by atoms with van der Waals surface area (Å²) in [7, 11) is -2.87. The summed E-state index contributed by atoms with van der Waals surface area (Å²) in [5.74, 6) is 0.542. The molecule has 6 heteroatoms. The van der Waals surface area contributed by atoms with Crippen LogP contribution in [0.25, 0.3) is 0 Å². The zero-order chi connectivity index (χ0) is 13.1. The molecule has 1 amide bonds. The summed E-state index contributed by atoms with van der Waals surface area (Å²) in [6.45, 7) is 4.03. The lowest BCUT2D eigenvalue weighted by Gasteiger charge is -2.24. The summed E-state index contributed by atoms with van der Waals surface area (Å²) in [6, 6.07) is -0.530. The molecule has 3 N–H and O–H groups in total. The smallest absolute Gasteiger partial charge is 0.237 e. The SMILES string of the molecule is CC(C)C[C@@H](N)C(=O)NC1CCS(=O)(=O)CC1. The molecule has 1 atom stereocenters. The van der Waals surface area contributed by atoms with Gasteiger partial charge in [0.05, 0.1) is 17.5 Å². The second-order valence-corrected chi connectivity index (χ2v) is 7.47. The first-order chi connectivity index (χ1) is 7.80. The summed E-state index contributed by atoms with van der Waals surface area (Å²) in [6.07, 6.45) is 1.65. The zero-order valence-electron chi connectivity index (χ0n) is 10.5. The Hall–Kier alpha value is -0.620. The lowest BCUT2D eigenvalue weighted by Crippen LogP contribution is -2.48. The number of rotatable bonds is 4. The number of amides is 1. The fraction of sp³-hybridized carbons (Fsp3) is 0.909. The van der Waals surface area contributed by atoms with Crippen molar-refractivity contribution in [3.05, 3.63) is 0 Å². The molecule has 0 aliphatic carbocycles. The molecular formula is C11H22N2O3S. The molecule has 17 heavy (non-hydrogen) atoms. The first-order valence-corrected chi connectivity index (χ1v) is 7.88. The Morgan fingerprint density at radius 1 is 1.35 bits per heavy atom. The van der Waals surface area contributed by atoms with E-state index in [4.69, 9.17) is 5.73 Å². The monoisotopic (exact) mass is 262 g/mol. The number of carbonyl (C=O) groups excluding carboxylic acids is 1. The normalized spacial score (nSPS) is 22.4. The summed E-state index contributed by atoms with van der Waals surface area (Å²) in [5, 5.41) is 2.83. The van der Waals surface area contributed by atoms with E-state index in [1.54, 1.807) is 0 Å². The highest BCUT2D eigenvalue weighted by molar-refractivity contribution is 7.91. The Balaban J connectivity index is 2.37. The Kier molecular flexibility index (Phi) is 4.94. The van der Waals surface area contributed by atoms with Crippen LogP contribution in [-0.4, -0.2) is 37.9 Å². The van der Waals surface area contributed by atoms with Gasteiger partial charge in [0, 0.05) is 6.04 Å². The molecule has 0 saturated carbocycles. The molecule has 1 rings (SSSR count). The Morgan fingerprint density at radius 3 is 2.35 bits per heavy atom. The summed E-state index contributed by atoms with van der Waals surface area (Å²) in [4.78, 5) is 11.7. The highest BCUT2D eigenvalue weighted by atomic mass is 32.2. The quantitative estimate of drug-likeness (QED) is 0.749. The minimum atomic E-state index is -2.87. The van der Waals surface area contributed by atoms with E-state index in [2.05, 4.69) is 5.32 Å². The first kappa shape index (κ1) is 14.4.